The summed E-state index contributed by atoms with van der Waals surface area (Å²) in [7, 11) is 1.71. The first kappa shape index (κ1) is 47.8. The molecule has 2 aromatic carbocycles. The zero-order valence-electron chi connectivity index (χ0n) is 34.2. The summed E-state index contributed by atoms with van der Waals surface area (Å²) in [4.78, 5) is 10.1. The van der Waals surface area contributed by atoms with Crippen LogP contribution in [0.3, 0.4) is 0 Å². The van der Waals surface area contributed by atoms with Crippen molar-refractivity contribution < 1.29 is 36.5 Å². The molecule has 2 fully saturated rings. The first-order valence-electron chi connectivity index (χ1n) is 18.0. The molecule has 287 valence electrons. The summed E-state index contributed by atoms with van der Waals surface area (Å²) in [6.45, 7) is 31.0. The molecule has 4 rings (SSSR count). The second-order valence-corrected chi connectivity index (χ2v) is 17.5. The van der Waals surface area contributed by atoms with E-state index in [0.717, 1.165) is 74.2 Å². The molecule has 0 amide bonds. The molecule has 1 heterocycles. The van der Waals surface area contributed by atoms with Crippen molar-refractivity contribution >= 4 is 12.4 Å². The third-order valence-electron chi connectivity index (χ3n) is 8.74. The Kier molecular flexibility index (Phi) is 19.3. The number of benzene rings is 2. The van der Waals surface area contributed by atoms with Crippen LogP contribution in [0.1, 0.15) is 155 Å². The topological polar surface area (TPSA) is 86.9 Å². The van der Waals surface area contributed by atoms with Gasteiger partial charge in [-0.25, -0.2) is 0 Å². The summed E-state index contributed by atoms with van der Waals surface area (Å²) in [6, 6.07) is 8.53. The molecule has 2 unspecified atom stereocenters. The number of phenols is 2. The van der Waals surface area contributed by atoms with Crippen molar-refractivity contribution in [1.29, 1.82) is 0 Å². The Hall–Kier alpha value is -2.19. The number of hydrogen-bond donors (Lipinski definition) is 2. The van der Waals surface area contributed by atoms with Gasteiger partial charge in [0.1, 0.15) is 11.5 Å². The van der Waals surface area contributed by atoms with Crippen LogP contribution >= 0.6 is 0 Å². The SMILES string of the molecule is C1CO1.CC(C)(C)c1cc(C=NC2CCCCC2N=Cc2cc(C(C)(C)C)cc(C(C)(C)C)c2O)c(O)c(C(C)(C)C)c1.CCCOC.[CH3-].[Co]. The molecule has 2 N–H and O–H groups in total. The fraction of sp³-hybridized carbons (Fsp3) is 0.651. The van der Waals surface area contributed by atoms with Gasteiger partial charge in [0.05, 0.1) is 25.3 Å². The first-order valence-corrected chi connectivity index (χ1v) is 18.0. The molecular formula is C43H71CoN2O4-. The van der Waals surface area contributed by atoms with E-state index < -0.39 is 0 Å². The number of methoxy groups -OCH3 is 1. The van der Waals surface area contributed by atoms with Gasteiger partial charge in [-0.2, -0.15) is 0 Å². The van der Waals surface area contributed by atoms with Crippen LogP contribution in [0.4, 0.5) is 0 Å². The summed E-state index contributed by atoms with van der Waals surface area (Å²) in [6.07, 6.45) is 9.03. The van der Waals surface area contributed by atoms with Gasteiger partial charge in [0.15, 0.2) is 0 Å². The molecule has 2 aromatic rings. The fourth-order valence-corrected chi connectivity index (χ4v) is 5.52. The van der Waals surface area contributed by atoms with Crippen LogP contribution in [0.25, 0.3) is 0 Å². The van der Waals surface area contributed by atoms with Crippen LogP contribution in [0.15, 0.2) is 34.3 Å². The maximum atomic E-state index is 11.2. The van der Waals surface area contributed by atoms with E-state index in [4.69, 9.17) is 14.7 Å². The van der Waals surface area contributed by atoms with Gasteiger partial charge in [0.2, 0.25) is 0 Å². The Bertz CT molecular complexity index is 1270. The number of hydrogen-bond acceptors (Lipinski definition) is 6. The van der Waals surface area contributed by atoms with Crippen molar-refractivity contribution in [2.75, 3.05) is 26.9 Å². The van der Waals surface area contributed by atoms with E-state index in [1.807, 2.05) is 12.4 Å². The molecule has 7 heteroatoms. The summed E-state index contributed by atoms with van der Waals surface area (Å²) in [5.41, 5.74) is 5.39. The Balaban J connectivity index is 0.00000213. The Labute approximate surface area is 317 Å². The molecule has 6 nitrogen and oxygen atoms in total. The largest absolute Gasteiger partial charge is 0.507 e. The molecule has 2 aliphatic rings. The van der Waals surface area contributed by atoms with Crippen molar-refractivity contribution in [3.05, 3.63) is 65.1 Å². The average Bonchev–Trinajstić information content (AvgIpc) is 3.85. The predicted molar refractivity (Wildman–Crippen MR) is 212 cm³/mol. The molecule has 1 aliphatic heterocycles. The Morgan fingerprint density at radius 1 is 0.680 bits per heavy atom. The van der Waals surface area contributed by atoms with Gasteiger partial charge >= 0.3 is 0 Å². The second-order valence-electron chi connectivity index (χ2n) is 17.5. The molecule has 0 bridgehead atoms. The molecular weight excluding hydrogens is 667 g/mol. The van der Waals surface area contributed by atoms with Crippen LogP contribution in [-0.2, 0) is 47.9 Å². The van der Waals surface area contributed by atoms with Gasteiger partial charge in [-0.05, 0) is 64.2 Å². The number of aromatic hydroxyl groups is 2. The summed E-state index contributed by atoms with van der Waals surface area (Å²) >= 11 is 0. The standard InChI is InChI=1S/C36H54N2O2.C4H10O.C2H4O.CH3.Co/c1-33(2,3)25-17-23(31(39)27(19-25)35(7,8)9)21-37-29-15-13-14-16-30(29)38-22-24-18-26(34(4,5)6)20-28(32(24)40)36(10,11)12;1-3-4-5-2;1-2-3-1;;/h17-22,29-30,39-40H,13-16H2,1-12H3;3-4H2,1-2H3;1-2H2;1H3;/q;;;-1;. The van der Waals surface area contributed by atoms with Gasteiger partial charge < -0.3 is 27.1 Å². The van der Waals surface area contributed by atoms with Crippen LogP contribution in [0, 0.1) is 7.43 Å². The molecule has 50 heavy (non-hydrogen) atoms. The van der Waals surface area contributed by atoms with E-state index >= 15 is 0 Å². The molecule has 1 saturated heterocycles. The van der Waals surface area contributed by atoms with Crippen LogP contribution in [0.2, 0.25) is 0 Å². The average molecular weight is 739 g/mol. The third kappa shape index (κ3) is 15.2. The van der Waals surface area contributed by atoms with E-state index in [9.17, 15) is 10.2 Å². The molecule has 0 aromatic heterocycles. The van der Waals surface area contributed by atoms with Crippen LogP contribution in [-0.4, -0.2) is 61.7 Å². The van der Waals surface area contributed by atoms with Crippen molar-refractivity contribution in [1.82, 2.24) is 0 Å². The zero-order chi connectivity index (χ0) is 36.5. The van der Waals surface area contributed by atoms with E-state index in [2.05, 4.69) is 119 Å². The van der Waals surface area contributed by atoms with Crippen LogP contribution in [0.5, 0.6) is 11.5 Å². The normalized spacial score (nSPS) is 18.0. The summed E-state index contributed by atoms with van der Waals surface area (Å²) in [5.74, 6) is 0.637. The second kappa shape index (κ2) is 20.2. The number of phenolic OH excluding ortho intramolecular Hbond substituents is 2. The molecule has 0 spiro atoms. The van der Waals surface area contributed by atoms with Gasteiger partial charge in [0, 0.05) is 65.2 Å². The number of epoxide rings is 1. The van der Waals surface area contributed by atoms with Crippen molar-refractivity contribution in [2.24, 2.45) is 9.98 Å². The minimum atomic E-state index is -0.179. The quantitative estimate of drug-likeness (QED) is 0.175. The van der Waals surface area contributed by atoms with Crippen molar-refractivity contribution in [3.63, 3.8) is 0 Å². The van der Waals surface area contributed by atoms with E-state index in [1.54, 1.807) is 7.11 Å². The molecule has 1 saturated carbocycles. The van der Waals surface area contributed by atoms with E-state index in [-0.39, 0.29) is 57.9 Å². The monoisotopic (exact) mass is 738 g/mol. The maximum Gasteiger partial charge on any atom is 0.128 e. The van der Waals surface area contributed by atoms with E-state index in [1.165, 1.54) is 11.1 Å². The summed E-state index contributed by atoms with van der Waals surface area (Å²) < 4.78 is 9.19. The smallest absolute Gasteiger partial charge is 0.128 e. The van der Waals surface area contributed by atoms with Crippen molar-refractivity contribution in [3.8, 4) is 11.5 Å². The molecule has 1 aliphatic carbocycles. The van der Waals surface area contributed by atoms with Gasteiger partial charge in [-0.15, -0.1) is 0 Å². The number of ether oxygens (including phenoxy) is 2. The first-order chi connectivity index (χ1) is 22.1. The molecule has 1 radical (unpaired) electrons. The number of rotatable bonds is 6. The summed E-state index contributed by atoms with van der Waals surface area (Å²) in [5, 5.41) is 22.5. The van der Waals surface area contributed by atoms with Crippen molar-refractivity contribution in [2.45, 2.75) is 156 Å². The predicted octanol–water partition coefficient (Wildman–Crippen LogP) is 10.6. The van der Waals surface area contributed by atoms with Crippen LogP contribution < -0.4 is 0 Å². The fourth-order valence-electron chi connectivity index (χ4n) is 5.52. The zero-order valence-corrected chi connectivity index (χ0v) is 35.3. The Morgan fingerprint density at radius 2 is 1.02 bits per heavy atom. The van der Waals surface area contributed by atoms with Gasteiger partial charge in [-0.1, -0.05) is 115 Å². The molecule has 2 atom stereocenters. The number of nitrogens with zero attached hydrogens (tertiary/aromatic N) is 2. The maximum absolute atomic E-state index is 11.2. The van der Waals surface area contributed by atoms with E-state index in [0.29, 0.717) is 11.5 Å². The minimum Gasteiger partial charge on any atom is -0.507 e. The number of aliphatic imine (C=N–C) groups is 2. The minimum absolute atomic E-state index is 0. The third-order valence-corrected chi connectivity index (χ3v) is 8.74. The van der Waals surface area contributed by atoms with Gasteiger partial charge in [-0.3, -0.25) is 9.98 Å². The Morgan fingerprint density at radius 3 is 1.24 bits per heavy atom. The van der Waals surface area contributed by atoms with Gasteiger partial charge in [0.25, 0.3) is 0 Å².